The molecule has 1 aromatic rings. The third-order valence-corrected chi connectivity index (χ3v) is 2.36. The van der Waals surface area contributed by atoms with Gasteiger partial charge >= 0.3 is 0 Å². The van der Waals surface area contributed by atoms with Gasteiger partial charge in [0, 0.05) is 5.56 Å². The second-order valence-electron chi connectivity index (χ2n) is 3.54. The molecule has 16 heavy (non-hydrogen) atoms. The van der Waals surface area contributed by atoms with E-state index in [-0.39, 0.29) is 5.84 Å². The molecule has 1 aliphatic rings. The quantitative estimate of drug-likeness (QED) is 0.610. The lowest BCUT2D eigenvalue weighted by atomic mass is 9.88. The van der Waals surface area contributed by atoms with Crippen molar-refractivity contribution in [2.45, 2.75) is 12.0 Å². The number of rotatable bonds is 1. The number of amidine groups is 1. The highest BCUT2D eigenvalue weighted by molar-refractivity contribution is 6.32. The minimum atomic E-state index is -2.02. The largest absolute Gasteiger partial charge is 0.384 e. The first kappa shape index (κ1) is 10.8. The van der Waals surface area contributed by atoms with Crippen LogP contribution < -0.4 is 16.9 Å². The van der Waals surface area contributed by atoms with Gasteiger partial charge in [-0.25, -0.2) is 9.38 Å². The summed E-state index contributed by atoms with van der Waals surface area (Å²) < 4.78 is 14.5. The van der Waals surface area contributed by atoms with Crippen LogP contribution in [0.4, 0.5) is 4.39 Å². The van der Waals surface area contributed by atoms with E-state index >= 15 is 0 Å². The van der Waals surface area contributed by atoms with Gasteiger partial charge in [0.25, 0.3) is 0 Å². The van der Waals surface area contributed by atoms with Gasteiger partial charge < -0.3 is 5.73 Å². The van der Waals surface area contributed by atoms with Crippen molar-refractivity contribution in [3.05, 3.63) is 29.8 Å². The zero-order valence-corrected chi connectivity index (χ0v) is 8.47. The summed E-state index contributed by atoms with van der Waals surface area (Å²) in [6.45, 7) is 0. The maximum Gasteiger partial charge on any atom is 0.226 e. The van der Waals surface area contributed by atoms with Gasteiger partial charge in [-0.3, -0.25) is 10.7 Å². The summed E-state index contributed by atoms with van der Waals surface area (Å²) in [6, 6.07) is 6.36. The maximum absolute atomic E-state index is 14.5. The number of aliphatic imine (C=N–C) groups is 2. The molecule has 0 saturated carbocycles. The third-order valence-electron chi connectivity index (χ3n) is 2.36. The van der Waals surface area contributed by atoms with Crippen molar-refractivity contribution in [3.63, 3.8) is 0 Å². The van der Waals surface area contributed by atoms with Crippen LogP contribution in [0.2, 0.25) is 0 Å². The zero-order valence-electron chi connectivity index (χ0n) is 8.47. The molecule has 1 aliphatic heterocycles. The van der Waals surface area contributed by atoms with E-state index in [1.54, 1.807) is 18.2 Å². The molecule has 80 valence electrons. The minimum Gasteiger partial charge on any atom is -0.384 e. The van der Waals surface area contributed by atoms with Crippen LogP contribution in [0.25, 0.3) is 0 Å². The molecule has 2 rings (SSSR count). The Labute approximate surface area is 93.7 Å². The molecule has 2 atom stereocenters. The summed E-state index contributed by atoms with van der Waals surface area (Å²) in [6.07, 6.45) is 0.235. The molecule has 4 N–H and O–H groups in total. The standard InChI is InChI=1S/C10H10BFN4/c11-7-3-1-2-6(4-7)10(12)5-15-9(14)16-8(10)13/h1-5,9H,14H2,(H2,13,16). The predicted molar refractivity (Wildman–Crippen MR) is 62.7 cm³/mol. The van der Waals surface area contributed by atoms with E-state index in [4.69, 9.17) is 19.3 Å². The molecule has 4 nitrogen and oxygen atoms in total. The number of nitrogens with two attached hydrogens (primary N) is 2. The molecule has 0 saturated heterocycles. The van der Waals surface area contributed by atoms with Gasteiger partial charge in [-0.05, 0) is 0 Å². The van der Waals surface area contributed by atoms with Crippen molar-refractivity contribution in [1.82, 2.24) is 0 Å². The molecule has 1 aromatic carbocycles. The summed E-state index contributed by atoms with van der Waals surface area (Å²) >= 11 is 0. The van der Waals surface area contributed by atoms with Crippen LogP contribution in [0.15, 0.2) is 34.3 Å². The molecule has 0 amide bonds. The highest BCUT2D eigenvalue weighted by Crippen LogP contribution is 2.26. The highest BCUT2D eigenvalue weighted by atomic mass is 19.1. The van der Waals surface area contributed by atoms with Crippen LogP contribution in [0, 0.1) is 0 Å². The normalized spacial score (nSPS) is 28.9. The Morgan fingerprint density at radius 2 is 2.19 bits per heavy atom. The van der Waals surface area contributed by atoms with Crippen LogP contribution >= 0.6 is 0 Å². The Morgan fingerprint density at radius 3 is 2.81 bits per heavy atom. The van der Waals surface area contributed by atoms with E-state index in [9.17, 15) is 4.39 Å². The lowest BCUT2D eigenvalue weighted by Crippen LogP contribution is -2.44. The average molecular weight is 216 g/mol. The Bertz CT molecular complexity index is 474. The fourth-order valence-electron chi connectivity index (χ4n) is 1.50. The second kappa shape index (κ2) is 3.71. The first-order chi connectivity index (χ1) is 7.52. The second-order valence-corrected chi connectivity index (χ2v) is 3.54. The van der Waals surface area contributed by atoms with E-state index < -0.39 is 12.0 Å². The van der Waals surface area contributed by atoms with Gasteiger partial charge in [-0.15, -0.1) is 0 Å². The molecule has 1 heterocycles. The molecular formula is C10H10BFN4. The van der Waals surface area contributed by atoms with Gasteiger partial charge in [0.05, 0.1) is 6.21 Å². The SMILES string of the molecule is [B]c1cccc(C2(F)C=NC(N)N=C2N)c1. The summed E-state index contributed by atoms with van der Waals surface area (Å²) in [5.41, 5.74) is 9.67. The molecule has 0 fully saturated rings. The third kappa shape index (κ3) is 1.72. The summed E-state index contributed by atoms with van der Waals surface area (Å²) in [7, 11) is 5.58. The molecule has 0 aliphatic carbocycles. The van der Waals surface area contributed by atoms with Crippen molar-refractivity contribution in [1.29, 1.82) is 0 Å². The van der Waals surface area contributed by atoms with E-state index in [0.717, 1.165) is 6.21 Å². The fraction of sp³-hybridized carbons (Fsp3) is 0.200. The fourth-order valence-corrected chi connectivity index (χ4v) is 1.50. The van der Waals surface area contributed by atoms with E-state index in [2.05, 4.69) is 9.98 Å². The average Bonchev–Trinajstić information content (AvgIpc) is 2.24. The van der Waals surface area contributed by atoms with Gasteiger partial charge in [0.2, 0.25) is 5.67 Å². The van der Waals surface area contributed by atoms with E-state index in [1.807, 2.05) is 0 Å². The van der Waals surface area contributed by atoms with Crippen molar-refractivity contribution in [3.8, 4) is 0 Å². The minimum absolute atomic E-state index is 0.208. The Balaban J connectivity index is 2.47. The molecule has 0 bridgehead atoms. The van der Waals surface area contributed by atoms with Gasteiger partial charge in [-0.1, -0.05) is 29.7 Å². The molecule has 0 spiro atoms. The van der Waals surface area contributed by atoms with Crippen LogP contribution in [-0.4, -0.2) is 26.2 Å². The summed E-state index contributed by atoms with van der Waals surface area (Å²) in [5, 5.41) is 0. The van der Waals surface area contributed by atoms with Crippen LogP contribution in [0.5, 0.6) is 0 Å². The van der Waals surface area contributed by atoms with E-state index in [1.165, 1.54) is 6.07 Å². The number of halogens is 1. The molecule has 6 heteroatoms. The predicted octanol–water partition coefficient (Wildman–Crippen LogP) is -0.671. The van der Waals surface area contributed by atoms with Crippen molar-refractivity contribution in [2.24, 2.45) is 21.5 Å². The first-order valence-electron chi connectivity index (χ1n) is 4.71. The lowest BCUT2D eigenvalue weighted by Gasteiger charge is -2.25. The highest BCUT2D eigenvalue weighted by Gasteiger charge is 2.37. The maximum atomic E-state index is 14.5. The van der Waals surface area contributed by atoms with Crippen LogP contribution in [0.1, 0.15) is 5.56 Å². The van der Waals surface area contributed by atoms with Crippen LogP contribution in [0.3, 0.4) is 0 Å². The Morgan fingerprint density at radius 1 is 1.44 bits per heavy atom. The van der Waals surface area contributed by atoms with Gasteiger partial charge in [0.15, 0.2) is 6.29 Å². The smallest absolute Gasteiger partial charge is 0.226 e. The number of benzene rings is 1. The van der Waals surface area contributed by atoms with Crippen molar-refractivity contribution >= 4 is 25.4 Å². The number of hydrogen-bond acceptors (Lipinski definition) is 4. The van der Waals surface area contributed by atoms with Gasteiger partial charge in [-0.2, -0.15) is 0 Å². The van der Waals surface area contributed by atoms with Gasteiger partial charge in [0.1, 0.15) is 13.7 Å². The molecular weight excluding hydrogens is 206 g/mol. The van der Waals surface area contributed by atoms with Crippen LogP contribution in [-0.2, 0) is 5.67 Å². The van der Waals surface area contributed by atoms with Crippen molar-refractivity contribution in [2.75, 3.05) is 0 Å². The Kier molecular flexibility index (Phi) is 2.51. The molecule has 0 aromatic heterocycles. The zero-order chi connectivity index (χ0) is 11.8. The summed E-state index contributed by atoms with van der Waals surface area (Å²) in [5.74, 6) is -0.208. The summed E-state index contributed by atoms with van der Waals surface area (Å²) in [4.78, 5) is 7.41. The van der Waals surface area contributed by atoms with Crippen molar-refractivity contribution < 1.29 is 4.39 Å². The monoisotopic (exact) mass is 216 g/mol. The Hall–Kier alpha value is -1.69. The first-order valence-corrected chi connectivity index (χ1v) is 4.71. The number of nitrogens with zero attached hydrogens (tertiary/aromatic N) is 2. The topological polar surface area (TPSA) is 76.8 Å². The lowest BCUT2D eigenvalue weighted by molar-refractivity contribution is 0.356. The number of alkyl halides is 1. The number of hydrogen-bond donors (Lipinski definition) is 2. The molecule has 2 radical (unpaired) electrons. The molecule has 2 unspecified atom stereocenters. The van der Waals surface area contributed by atoms with E-state index in [0.29, 0.717) is 11.0 Å².